The Bertz CT molecular complexity index is 766. The third kappa shape index (κ3) is 3.49. The zero-order chi connectivity index (χ0) is 15.4. The summed E-state index contributed by atoms with van der Waals surface area (Å²) in [6.45, 7) is 0. The summed E-state index contributed by atoms with van der Waals surface area (Å²) in [6.07, 6.45) is 11.4. The average Bonchev–Trinajstić information content (AvgIpc) is 3.05. The fourth-order valence-electron chi connectivity index (χ4n) is 2.33. The van der Waals surface area contributed by atoms with Crippen LogP contribution in [0.15, 0.2) is 59.4 Å². The maximum atomic E-state index is 6.33. The van der Waals surface area contributed by atoms with Crippen molar-refractivity contribution >= 4 is 46.0 Å². The number of hydrogen-bond acceptors (Lipinski definition) is 3. The van der Waals surface area contributed by atoms with Gasteiger partial charge >= 0.3 is 0 Å². The molecular weight excluding hydrogens is 317 g/mol. The van der Waals surface area contributed by atoms with E-state index in [-0.39, 0.29) is 5.38 Å². The number of hydrazone groups is 1. The summed E-state index contributed by atoms with van der Waals surface area (Å²) >= 11 is 12.3. The predicted octanol–water partition coefficient (Wildman–Crippen LogP) is 5.17. The lowest BCUT2D eigenvalue weighted by molar-refractivity contribution is 0.996. The van der Waals surface area contributed by atoms with Crippen molar-refractivity contribution in [3.63, 3.8) is 0 Å². The summed E-state index contributed by atoms with van der Waals surface area (Å²) in [5.41, 5.74) is 6.01. The van der Waals surface area contributed by atoms with Crippen LogP contribution >= 0.6 is 23.2 Å². The van der Waals surface area contributed by atoms with E-state index in [0.717, 1.165) is 23.0 Å². The second-order valence-electron chi connectivity index (χ2n) is 5.02. The van der Waals surface area contributed by atoms with Gasteiger partial charge in [0.05, 0.1) is 16.6 Å². The molecule has 1 aromatic heterocycles. The fourth-order valence-corrected chi connectivity index (χ4v) is 2.73. The highest BCUT2D eigenvalue weighted by Crippen LogP contribution is 2.24. The average molecular weight is 332 g/mol. The van der Waals surface area contributed by atoms with Gasteiger partial charge in [-0.3, -0.25) is 10.4 Å². The Balaban J connectivity index is 1.65. The van der Waals surface area contributed by atoms with E-state index < -0.39 is 0 Å². The van der Waals surface area contributed by atoms with Crippen molar-refractivity contribution in [2.24, 2.45) is 5.10 Å². The molecule has 112 valence electrons. The quantitative estimate of drug-likeness (QED) is 0.466. The molecule has 1 aliphatic carbocycles. The van der Waals surface area contributed by atoms with Gasteiger partial charge in [-0.1, -0.05) is 29.8 Å². The first kappa shape index (κ1) is 15.1. The number of halogens is 2. The fraction of sp³-hybridized carbons (Fsp3) is 0.176. The van der Waals surface area contributed by atoms with Crippen LogP contribution in [0, 0.1) is 0 Å². The van der Waals surface area contributed by atoms with Crippen LogP contribution in [0.4, 0.5) is 5.69 Å². The van der Waals surface area contributed by atoms with Gasteiger partial charge in [-0.15, -0.1) is 11.6 Å². The molecule has 22 heavy (non-hydrogen) atoms. The van der Waals surface area contributed by atoms with E-state index >= 15 is 0 Å². The maximum absolute atomic E-state index is 6.33. The van der Waals surface area contributed by atoms with E-state index in [9.17, 15) is 0 Å². The molecule has 1 unspecified atom stereocenters. The van der Waals surface area contributed by atoms with Gasteiger partial charge in [-0.05, 0) is 36.3 Å². The van der Waals surface area contributed by atoms with Gasteiger partial charge in [0.25, 0.3) is 0 Å². The van der Waals surface area contributed by atoms with Crippen LogP contribution in [0.2, 0.25) is 5.02 Å². The van der Waals surface area contributed by atoms with E-state index in [1.165, 1.54) is 5.57 Å². The van der Waals surface area contributed by atoms with E-state index in [1.807, 2.05) is 30.3 Å². The molecule has 0 saturated heterocycles. The number of fused-ring (bicyclic) bond motifs is 1. The van der Waals surface area contributed by atoms with Gasteiger partial charge in [0.15, 0.2) is 0 Å². The number of nitrogens with one attached hydrogen (secondary N) is 1. The Hall–Kier alpha value is -1.84. The highest BCUT2D eigenvalue weighted by molar-refractivity contribution is 6.31. The Morgan fingerprint density at radius 1 is 1.36 bits per heavy atom. The Kier molecular flexibility index (Phi) is 4.76. The molecule has 5 heteroatoms. The number of rotatable bonds is 5. The van der Waals surface area contributed by atoms with Crippen molar-refractivity contribution in [2.45, 2.75) is 18.2 Å². The molecule has 1 aliphatic rings. The number of pyridine rings is 1. The van der Waals surface area contributed by atoms with Gasteiger partial charge in [0.1, 0.15) is 0 Å². The van der Waals surface area contributed by atoms with Gasteiger partial charge in [0, 0.05) is 29.2 Å². The Morgan fingerprint density at radius 3 is 3.09 bits per heavy atom. The third-order valence-electron chi connectivity index (χ3n) is 3.50. The normalized spacial score (nSPS) is 15.5. The van der Waals surface area contributed by atoms with Crippen LogP contribution in [-0.4, -0.2) is 16.6 Å². The number of benzene rings is 1. The first-order valence-electron chi connectivity index (χ1n) is 7.05. The Labute approximate surface area is 139 Å². The molecule has 3 nitrogen and oxygen atoms in total. The van der Waals surface area contributed by atoms with Crippen molar-refractivity contribution in [1.82, 2.24) is 4.98 Å². The monoisotopic (exact) mass is 331 g/mol. The van der Waals surface area contributed by atoms with Gasteiger partial charge < -0.3 is 0 Å². The van der Waals surface area contributed by atoms with Crippen LogP contribution in [0.25, 0.3) is 10.9 Å². The van der Waals surface area contributed by atoms with E-state index in [2.05, 4.69) is 27.7 Å². The van der Waals surface area contributed by atoms with Crippen LogP contribution in [0.5, 0.6) is 0 Å². The second-order valence-corrected chi connectivity index (χ2v) is 5.98. The topological polar surface area (TPSA) is 37.3 Å². The van der Waals surface area contributed by atoms with Crippen LogP contribution < -0.4 is 5.43 Å². The number of allylic oxidation sites excluding steroid dienone is 4. The minimum absolute atomic E-state index is 0.00598. The van der Waals surface area contributed by atoms with Crippen LogP contribution in [0.3, 0.4) is 0 Å². The predicted molar refractivity (Wildman–Crippen MR) is 95.0 cm³/mol. The zero-order valence-electron chi connectivity index (χ0n) is 11.8. The number of anilines is 1. The van der Waals surface area contributed by atoms with Crippen LogP contribution in [0.1, 0.15) is 12.8 Å². The van der Waals surface area contributed by atoms with Crippen molar-refractivity contribution in [2.75, 3.05) is 5.43 Å². The van der Waals surface area contributed by atoms with Crippen molar-refractivity contribution in [3.05, 3.63) is 59.3 Å². The molecule has 1 N–H and O–H groups in total. The molecule has 0 radical (unpaired) electrons. The zero-order valence-corrected chi connectivity index (χ0v) is 13.3. The SMILES string of the molecule is Clc1ccc2c(N/N=C/CC(Cl)C3=CC=CC3)ccnc2c1. The summed E-state index contributed by atoms with van der Waals surface area (Å²) in [7, 11) is 0. The largest absolute Gasteiger partial charge is 0.278 e. The second kappa shape index (κ2) is 6.95. The highest BCUT2D eigenvalue weighted by Gasteiger charge is 2.10. The van der Waals surface area contributed by atoms with Gasteiger partial charge in [-0.25, -0.2) is 0 Å². The molecule has 1 heterocycles. The maximum Gasteiger partial charge on any atom is 0.0738 e. The van der Waals surface area contributed by atoms with E-state index in [4.69, 9.17) is 23.2 Å². The summed E-state index contributed by atoms with van der Waals surface area (Å²) in [5.74, 6) is 0. The molecular formula is C17H15Cl2N3. The summed E-state index contributed by atoms with van der Waals surface area (Å²) < 4.78 is 0. The molecule has 2 aromatic rings. The first-order valence-corrected chi connectivity index (χ1v) is 7.87. The van der Waals surface area contributed by atoms with E-state index in [1.54, 1.807) is 12.4 Å². The number of alkyl halides is 1. The summed E-state index contributed by atoms with van der Waals surface area (Å²) in [4.78, 5) is 4.30. The molecule has 0 fully saturated rings. The molecule has 1 aromatic carbocycles. The molecule has 0 aliphatic heterocycles. The lowest BCUT2D eigenvalue weighted by atomic mass is 10.1. The van der Waals surface area contributed by atoms with Crippen molar-refractivity contribution in [3.8, 4) is 0 Å². The number of hydrogen-bond donors (Lipinski definition) is 1. The molecule has 1 atom stereocenters. The standard InChI is InChI=1S/C17H15Cl2N3/c18-13-5-6-14-16(8-9-20-17(14)11-13)22-21-10-7-15(19)12-3-1-2-4-12/h1-3,5-6,8-11,15H,4,7H2,(H,20,22)/b21-10+. The summed E-state index contributed by atoms with van der Waals surface area (Å²) in [6, 6.07) is 7.49. The smallest absolute Gasteiger partial charge is 0.0738 e. The van der Waals surface area contributed by atoms with Crippen molar-refractivity contribution < 1.29 is 0 Å². The van der Waals surface area contributed by atoms with Gasteiger partial charge in [-0.2, -0.15) is 5.10 Å². The van der Waals surface area contributed by atoms with Crippen LogP contribution in [-0.2, 0) is 0 Å². The highest BCUT2D eigenvalue weighted by atomic mass is 35.5. The lowest BCUT2D eigenvalue weighted by Gasteiger charge is -2.08. The molecule has 0 amide bonds. The number of aromatic nitrogens is 1. The minimum atomic E-state index is -0.00598. The molecule has 0 saturated carbocycles. The molecule has 3 rings (SSSR count). The molecule has 0 bridgehead atoms. The lowest BCUT2D eigenvalue weighted by Crippen LogP contribution is -2.03. The van der Waals surface area contributed by atoms with Crippen molar-refractivity contribution in [1.29, 1.82) is 0 Å². The molecule has 0 spiro atoms. The third-order valence-corrected chi connectivity index (χ3v) is 4.19. The summed E-state index contributed by atoms with van der Waals surface area (Å²) in [5, 5.41) is 5.90. The van der Waals surface area contributed by atoms with Gasteiger partial charge in [0.2, 0.25) is 0 Å². The number of nitrogens with zero attached hydrogens (tertiary/aromatic N) is 2. The van der Waals surface area contributed by atoms with E-state index in [0.29, 0.717) is 11.4 Å². The Morgan fingerprint density at radius 2 is 2.27 bits per heavy atom. The first-order chi connectivity index (χ1) is 10.7. The minimum Gasteiger partial charge on any atom is -0.278 e.